The maximum Gasteiger partial charge on any atom is 0.197 e. The van der Waals surface area contributed by atoms with Gasteiger partial charge in [0, 0.05) is 12.3 Å². The lowest BCUT2D eigenvalue weighted by Crippen LogP contribution is -1.87. The van der Waals surface area contributed by atoms with Crippen LogP contribution in [0.3, 0.4) is 0 Å². The smallest absolute Gasteiger partial charge is 0.197 e. The summed E-state index contributed by atoms with van der Waals surface area (Å²) >= 11 is 0. The van der Waals surface area contributed by atoms with Crippen molar-refractivity contribution in [1.29, 1.82) is 0 Å². The van der Waals surface area contributed by atoms with Gasteiger partial charge in [-0.2, -0.15) is 0 Å². The van der Waals surface area contributed by atoms with Crippen molar-refractivity contribution in [2.45, 2.75) is 13.8 Å². The molecule has 0 atom stereocenters. The lowest BCUT2D eigenvalue weighted by atomic mass is 10.1. The lowest BCUT2D eigenvalue weighted by molar-refractivity contribution is 0.462. The van der Waals surface area contributed by atoms with Crippen LogP contribution in [0.25, 0.3) is 0 Å². The molecule has 1 aromatic heterocycles. The quantitative estimate of drug-likeness (QED) is 0.765. The van der Waals surface area contributed by atoms with Gasteiger partial charge in [0.05, 0.1) is 0 Å². The number of nitrogens with one attached hydrogen (secondary N) is 1. The van der Waals surface area contributed by atoms with E-state index >= 15 is 0 Å². The maximum atomic E-state index is 5.65. The van der Waals surface area contributed by atoms with Crippen molar-refractivity contribution in [3.8, 4) is 11.6 Å². The average molecular weight is 187 g/mol. The number of aromatic amines is 1. The number of rotatable bonds is 2. The molecule has 0 aliphatic carbocycles. The molecule has 1 N–H and O–H groups in total. The molecular formula is C12H13NO. The normalized spacial score (nSPS) is 10.1. The molecule has 0 amide bonds. The lowest BCUT2D eigenvalue weighted by Gasteiger charge is -2.06. The highest BCUT2D eigenvalue weighted by Gasteiger charge is 2.00. The van der Waals surface area contributed by atoms with Gasteiger partial charge in [0.2, 0.25) is 0 Å². The Labute approximate surface area is 83.5 Å². The fourth-order valence-electron chi connectivity index (χ4n) is 1.41. The summed E-state index contributed by atoms with van der Waals surface area (Å²) in [7, 11) is 0. The Hall–Kier alpha value is -1.70. The van der Waals surface area contributed by atoms with E-state index in [1.807, 2.05) is 37.4 Å². The summed E-state index contributed by atoms with van der Waals surface area (Å²) in [5, 5.41) is 0. The minimum absolute atomic E-state index is 0.775. The van der Waals surface area contributed by atoms with Gasteiger partial charge < -0.3 is 9.72 Å². The molecule has 0 spiro atoms. The molecule has 2 heteroatoms. The molecule has 0 saturated carbocycles. The van der Waals surface area contributed by atoms with Gasteiger partial charge in [-0.05, 0) is 31.5 Å². The van der Waals surface area contributed by atoms with Gasteiger partial charge in [-0.3, -0.25) is 0 Å². The van der Waals surface area contributed by atoms with Crippen LogP contribution < -0.4 is 4.74 Å². The molecule has 0 saturated heterocycles. The molecular weight excluding hydrogens is 174 g/mol. The molecule has 1 aromatic carbocycles. The van der Waals surface area contributed by atoms with Gasteiger partial charge in [0.1, 0.15) is 5.75 Å². The molecule has 0 aliphatic rings. The zero-order chi connectivity index (χ0) is 9.97. The van der Waals surface area contributed by atoms with Gasteiger partial charge in [-0.1, -0.05) is 17.7 Å². The van der Waals surface area contributed by atoms with Crippen molar-refractivity contribution in [3.63, 3.8) is 0 Å². The molecule has 0 fully saturated rings. The van der Waals surface area contributed by atoms with E-state index in [4.69, 9.17) is 4.74 Å². The minimum Gasteiger partial charge on any atom is -0.441 e. The first-order valence-corrected chi connectivity index (χ1v) is 4.64. The third kappa shape index (κ3) is 1.79. The fraction of sp³-hybridized carbons (Fsp3) is 0.167. The molecule has 14 heavy (non-hydrogen) atoms. The van der Waals surface area contributed by atoms with Crippen LogP contribution in [-0.4, -0.2) is 4.98 Å². The Morgan fingerprint density at radius 3 is 2.64 bits per heavy atom. The van der Waals surface area contributed by atoms with E-state index in [2.05, 4.69) is 18.0 Å². The number of hydrogen-bond acceptors (Lipinski definition) is 1. The zero-order valence-corrected chi connectivity index (χ0v) is 8.37. The second-order valence-corrected chi connectivity index (χ2v) is 3.41. The Kier molecular flexibility index (Phi) is 2.27. The Balaban J connectivity index is 2.25. The summed E-state index contributed by atoms with van der Waals surface area (Å²) in [5.41, 5.74) is 2.40. The fourth-order valence-corrected chi connectivity index (χ4v) is 1.41. The summed E-state index contributed by atoms with van der Waals surface area (Å²) in [6, 6.07) is 9.97. The maximum absolute atomic E-state index is 5.65. The van der Waals surface area contributed by atoms with E-state index in [9.17, 15) is 0 Å². The number of aromatic nitrogens is 1. The van der Waals surface area contributed by atoms with Gasteiger partial charge in [0.25, 0.3) is 0 Å². The predicted octanol–water partition coefficient (Wildman–Crippen LogP) is 3.42. The van der Waals surface area contributed by atoms with Crippen LogP contribution in [0.15, 0.2) is 36.5 Å². The van der Waals surface area contributed by atoms with E-state index in [1.54, 1.807) is 0 Å². The van der Waals surface area contributed by atoms with Crippen LogP contribution in [0, 0.1) is 13.8 Å². The van der Waals surface area contributed by atoms with Crippen molar-refractivity contribution >= 4 is 0 Å². The molecule has 72 valence electrons. The van der Waals surface area contributed by atoms with Crippen molar-refractivity contribution < 1.29 is 4.74 Å². The topological polar surface area (TPSA) is 25.0 Å². The van der Waals surface area contributed by atoms with Crippen LogP contribution in [0.1, 0.15) is 11.1 Å². The molecule has 0 unspecified atom stereocenters. The first-order chi connectivity index (χ1) is 6.75. The van der Waals surface area contributed by atoms with Crippen LogP contribution in [0.2, 0.25) is 0 Å². The Morgan fingerprint density at radius 1 is 1.14 bits per heavy atom. The van der Waals surface area contributed by atoms with Gasteiger partial charge in [0.15, 0.2) is 5.88 Å². The van der Waals surface area contributed by atoms with E-state index < -0.39 is 0 Å². The molecule has 2 rings (SSSR count). The van der Waals surface area contributed by atoms with Crippen molar-refractivity contribution in [1.82, 2.24) is 4.98 Å². The van der Waals surface area contributed by atoms with E-state index in [0.717, 1.165) is 17.2 Å². The molecule has 0 radical (unpaired) electrons. The van der Waals surface area contributed by atoms with Crippen molar-refractivity contribution in [2.24, 2.45) is 0 Å². The van der Waals surface area contributed by atoms with Crippen molar-refractivity contribution in [2.75, 3.05) is 0 Å². The Morgan fingerprint density at radius 2 is 2.00 bits per heavy atom. The second kappa shape index (κ2) is 3.58. The highest BCUT2D eigenvalue weighted by atomic mass is 16.5. The monoisotopic (exact) mass is 187 g/mol. The van der Waals surface area contributed by atoms with Crippen molar-refractivity contribution in [3.05, 3.63) is 47.7 Å². The summed E-state index contributed by atoms with van der Waals surface area (Å²) in [6.45, 7) is 4.12. The third-order valence-electron chi connectivity index (χ3n) is 2.12. The van der Waals surface area contributed by atoms with Crippen LogP contribution in [0.5, 0.6) is 11.6 Å². The first-order valence-electron chi connectivity index (χ1n) is 4.64. The SMILES string of the molecule is Cc1ccc(Oc2ccc[nH]2)c(C)c1. The summed E-state index contributed by atoms with van der Waals surface area (Å²) in [5.74, 6) is 1.68. The van der Waals surface area contributed by atoms with Gasteiger partial charge >= 0.3 is 0 Å². The molecule has 2 aromatic rings. The van der Waals surface area contributed by atoms with E-state index in [1.165, 1.54) is 5.56 Å². The van der Waals surface area contributed by atoms with Gasteiger partial charge in [-0.15, -0.1) is 0 Å². The first kappa shape index (κ1) is 8.88. The van der Waals surface area contributed by atoms with Crippen LogP contribution in [-0.2, 0) is 0 Å². The second-order valence-electron chi connectivity index (χ2n) is 3.41. The number of hydrogen-bond donors (Lipinski definition) is 1. The zero-order valence-electron chi connectivity index (χ0n) is 8.37. The van der Waals surface area contributed by atoms with Crippen LogP contribution in [0.4, 0.5) is 0 Å². The largest absolute Gasteiger partial charge is 0.441 e. The average Bonchev–Trinajstić information content (AvgIpc) is 2.62. The number of benzene rings is 1. The number of H-pyrrole nitrogens is 1. The molecule has 0 bridgehead atoms. The predicted molar refractivity (Wildman–Crippen MR) is 56.8 cm³/mol. The van der Waals surface area contributed by atoms with E-state index in [0.29, 0.717) is 0 Å². The van der Waals surface area contributed by atoms with Gasteiger partial charge in [-0.25, -0.2) is 0 Å². The third-order valence-corrected chi connectivity index (χ3v) is 2.12. The molecule has 0 aliphatic heterocycles. The standard InChI is InChI=1S/C12H13NO/c1-9-5-6-11(10(2)8-9)14-12-4-3-7-13-12/h3-8,13H,1-2H3. The highest BCUT2D eigenvalue weighted by Crippen LogP contribution is 2.23. The van der Waals surface area contributed by atoms with E-state index in [-0.39, 0.29) is 0 Å². The summed E-state index contributed by atoms with van der Waals surface area (Å²) in [6.07, 6.45) is 1.85. The highest BCUT2D eigenvalue weighted by molar-refractivity contribution is 5.37. The Bertz CT molecular complexity index is 418. The molecule has 2 nitrogen and oxygen atoms in total. The molecule has 1 heterocycles. The number of ether oxygens (including phenoxy) is 1. The summed E-state index contributed by atoms with van der Waals surface area (Å²) < 4.78 is 5.65. The number of aryl methyl sites for hydroxylation is 2. The minimum atomic E-state index is 0.775. The van der Waals surface area contributed by atoms with Crippen LogP contribution >= 0.6 is 0 Å². The summed E-state index contributed by atoms with van der Waals surface area (Å²) in [4.78, 5) is 3.01.